The molecule has 0 amide bonds. The summed E-state index contributed by atoms with van der Waals surface area (Å²) in [4.78, 5) is 31.2. The van der Waals surface area contributed by atoms with Crippen LogP contribution in [0, 0.1) is 12.8 Å². The monoisotopic (exact) mass is 577 g/mol. The normalized spacial score (nSPS) is 21.0. The van der Waals surface area contributed by atoms with E-state index in [0.29, 0.717) is 12.5 Å². The Kier molecular flexibility index (Phi) is 8.17. The van der Waals surface area contributed by atoms with Crippen LogP contribution in [0.1, 0.15) is 60.2 Å². The number of piperidine rings is 1. The van der Waals surface area contributed by atoms with Gasteiger partial charge in [0.15, 0.2) is 0 Å². The van der Waals surface area contributed by atoms with E-state index >= 15 is 0 Å². The Morgan fingerprint density at radius 3 is 2.47 bits per heavy atom. The number of carboxylic acids is 2. The molecule has 0 saturated carbocycles. The quantitative estimate of drug-likeness (QED) is 0.241. The van der Waals surface area contributed by atoms with Crippen LogP contribution >= 0.6 is 0 Å². The second-order valence-electron chi connectivity index (χ2n) is 12.1. The van der Waals surface area contributed by atoms with E-state index < -0.39 is 11.9 Å². The van der Waals surface area contributed by atoms with Crippen molar-refractivity contribution < 1.29 is 19.8 Å². The number of nitrogens with zero attached hydrogens (tertiary/aromatic N) is 3. The summed E-state index contributed by atoms with van der Waals surface area (Å²) in [6.07, 6.45) is 3.93. The first kappa shape index (κ1) is 28.9. The number of aromatic nitrogens is 2. The van der Waals surface area contributed by atoms with E-state index in [1.807, 2.05) is 6.07 Å². The van der Waals surface area contributed by atoms with E-state index in [2.05, 4.69) is 83.1 Å². The zero-order valence-electron chi connectivity index (χ0n) is 24.9. The molecule has 2 aliphatic heterocycles. The van der Waals surface area contributed by atoms with Crippen molar-refractivity contribution in [1.82, 2.24) is 14.5 Å². The average molecular weight is 578 g/mol. The molecule has 7 nitrogen and oxygen atoms in total. The molecule has 7 heteroatoms. The van der Waals surface area contributed by atoms with E-state index in [0.717, 1.165) is 50.1 Å². The van der Waals surface area contributed by atoms with Gasteiger partial charge in [0.05, 0.1) is 11.0 Å². The average Bonchev–Trinajstić information content (AvgIpc) is 3.27. The van der Waals surface area contributed by atoms with E-state index in [1.165, 1.54) is 34.7 Å². The van der Waals surface area contributed by atoms with E-state index in [-0.39, 0.29) is 29.5 Å². The number of carboxylic acid groups (broad SMARTS) is 2. The summed E-state index contributed by atoms with van der Waals surface area (Å²) in [5.41, 5.74) is 7.52. The predicted octanol–water partition coefficient (Wildman–Crippen LogP) is 6.23. The molecule has 3 atom stereocenters. The summed E-state index contributed by atoms with van der Waals surface area (Å²) in [6.45, 7) is 5.84. The minimum atomic E-state index is -1.18. The van der Waals surface area contributed by atoms with Crippen LogP contribution in [-0.4, -0.2) is 55.7 Å². The highest BCUT2D eigenvalue weighted by Crippen LogP contribution is 2.44. The van der Waals surface area contributed by atoms with E-state index in [1.54, 1.807) is 0 Å². The van der Waals surface area contributed by atoms with E-state index in [4.69, 9.17) is 4.98 Å². The lowest BCUT2D eigenvalue weighted by Crippen LogP contribution is -2.46. The number of fused-ring (bicyclic) bond motifs is 4. The Bertz CT molecular complexity index is 1690. The number of hydrogen-bond donors (Lipinski definition) is 2. The van der Waals surface area contributed by atoms with Crippen molar-refractivity contribution in [1.29, 1.82) is 0 Å². The van der Waals surface area contributed by atoms with Gasteiger partial charge >= 0.3 is 11.9 Å². The van der Waals surface area contributed by atoms with Crippen molar-refractivity contribution in [2.45, 2.75) is 64.5 Å². The van der Waals surface area contributed by atoms with Gasteiger partial charge in [-0.1, -0.05) is 60.7 Å². The topological polar surface area (TPSA) is 95.7 Å². The number of rotatable bonds is 8. The zero-order valence-corrected chi connectivity index (χ0v) is 24.9. The summed E-state index contributed by atoms with van der Waals surface area (Å²) in [5.74, 6) is -0.667. The molecule has 3 heterocycles. The lowest BCUT2D eigenvalue weighted by Gasteiger charge is -2.42. The molecule has 3 aromatic carbocycles. The van der Waals surface area contributed by atoms with Gasteiger partial charge in [-0.2, -0.15) is 0 Å². The van der Waals surface area contributed by atoms with Crippen molar-refractivity contribution in [3.63, 3.8) is 0 Å². The molecule has 1 aromatic heterocycles. The molecule has 3 unspecified atom stereocenters. The fraction of sp³-hybridized carbons (Fsp3) is 0.361. The van der Waals surface area contributed by atoms with Crippen LogP contribution < -0.4 is 0 Å². The number of aryl methyl sites for hydroxylation is 2. The van der Waals surface area contributed by atoms with Crippen LogP contribution in [0.4, 0.5) is 0 Å². The zero-order chi connectivity index (χ0) is 30.1. The van der Waals surface area contributed by atoms with Crippen LogP contribution in [-0.2, 0) is 29.0 Å². The van der Waals surface area contributed by atoms with Crippen molar-refractivity contribution in [2.24, 2.45) is 5.92 Å². The second-order valence-corrected chi connectivity index (χ2v) is 12.1. The summed E-state index contributed by atoms with van der Waals surface area (Å²) in [6, 6.07) is 25.8. The Morgan fingerprint density at radius 1 is 0.930 bits per heavy atom. The number of likely N-dealkylation sites (tertiary alicyclic amines) is 1. The standard InChI is InChI=1S/C36H39N3O4/c1-23-9-8-12-30-28(23)17-20-39-32-14-7-6-13-31(32)37-34(39)33(30)26-15-18-38(19-16-29(36(42)43)24(2)35(40)41)27(22-26)21-25-10-4-3-5-11-25/h3-14,26-27,33H,15-22H2,1-2H3,(H,40,41)(H,42,43)/b29-24+. The van der Waals surface area contributed by atoms with Crippen LogP contribution in [0.3, 0.4) is 0 Å². The van der Waals surface area contributed by atoms with Gasteiger partial charge in [-0.15, -0.1) is 0 Å². The van der Waals surface area contributed by atoms with Gasteiger partial charge in [-0.05, 0) is 92.8 Å². The third kappa shape index (κ3) is 5.74. The molecule has 6 rings (SSSR count). The van der Waals surface area contributed by atoms with Gasteiger partial charge in [0.1, 0.15) is 5.82 Å². The van der Waals surface area contributed by atoms with Gasteiger partial charge in [0.2, 0.25) is 0 Å². The third-order valence-electron chi connectivity index (χ3n) is 9.67. The first-order valence-electron chi connectivity index (χ1n) is 15.3. The lowest BCUT2D eigenvalue weighted by molar-refractivity contribution is -0.136. The molecule has 4 aromatic rings. The maximum atomic E-state index is 12.0. The lowest BCUT2D eigenvalue weighted by atomic mass is 9.74. The van der Waals surface area contributed by atoms with E-state index in [9.17, 15) is 19.8 Å². The fourth-order valence-electron chi connectivity index (χ4n) is 7.42. The van der Waals surface area contributed by atoms with Crippen molar-refractivity contribution in [3.05, 3.63) is 112 Å². The van der Waals surface area contributed by atoms with Gasteiger partial charge in [0, 0.05) is 36.2 Å². The smallest absolute Gasteiger partial charge is 0.332 e. The Hall–Kier alpha value is -4.23. The first-order valence-corrected chi connectivity index (χ1v) is 15.3. The molecular formula is C36H39N3O4. The molecule has 0 aliphatic carbocycles. The molecule has 1 fully saturated rings. The molecule has 0 bridgehead atoms. The first-order chi connectivity index (χ1) is 20.8. The predicted molar refractivity (Wildman–Crippen MR) is 167 cm³/mol. The minimum Gasteiger partial charge on any atom is -0.478 e. The minimum absolute atomic E-state index is 0.0185. The molecule has 1 saturated heterocycles. The van der Waals surface area contributed by atoms with Crippen LogP contribution in [0.15, 0.2) is 83.9 Å². The van der Waals surface area contributed by atoms with Crippen LogP contribution in [0.25, 0.3) is 11.0 Å². The number of benzene rings is 3. The highest BCUT2D eigenvalue weighted by molar-refractivity contribution is 5.98. The summed E-state index contributed by atoms with van der Waals surface area (Å²) >= 11 is 0. The molecule has 43 heavy (non-hydrogen) atoms. The van der Waals surface area contributed by atoms with Crippen LogP contribution in [0.2, 0.25) is 0 Å². The number of carbonyl (C=O) groups is 2. The van der Waals surface area contributed by atoms with Crippen molar-refractivity contribution in [3.8, 4) is 0 Å². The van der Waals surface area contributed by atoms with Gasteiger partial charge < -0.3 is 14.8 Å². The highest BCUT2D eigenvalue weighted by atomic mass is 16.4. The maximum absolute atomic E-state index is 12.0. The van der Waals surface area contributed by atoms with Crippen molar-refractivity contribution >= 4 is 23.0 Å². The van der Waals surface area contributed by atoms with Crippen LogP contribution in [0.5, 0.6) is 0 Å². The SMILES string of the molecule is C/C(C(=O)O)=C(/CCN1CCC(C2c3cccc(C)c3CCn3c2nc2ccccc23)CC1Cc1ccccc1)C(=O)O. The third-order valence-corrected chi connectivity index (χ3v) is 9.67. The van der Waals surface area contributed by atoms with Crippen molar-refractivity contribution in [2.75, 3.05) is 13.1 Å². The summed E-state index contributed by atoms with van der Waals surface area (Å²) in [5, 5.41) is 19.3. The highest BCUT2D eigenvalue weighted by Gasteiger charge is 2.39. The molecular weight excluding hydrogens is 538 g/mol. The maximum Gasteiger partial charge on any atom is 0.332 e. The molecule has 0 radical (unpaired) electrons. The number of hydrogen-bond acceptors (Lipinski definition) is 4. The number of para-hydroxylation sites is 2. The van der Waals surface area contributed by atoms with Gasteiger partial charge in [-0.25, -0.2) is 14.6 Å². The second kappa shape index (κ2) is 12.2. The number of aliphatic carboxylic acids is 2. The Labute approximate surface area is 252 Å². The Morgan fingerprint density at radius 2 is 1.70 bits per heavy atom. The Balaban J connectivity index is 1.36. The molecule has 0 spiro atoms. The molecule has 222 valence electrons. The molecule has 2 aliphatic rings. The summed E-state index contributed by atoms with van der Waals surface area (Å²) in [7, 11) is 0. The fourth-order valence-corrected chi connectivity index (χ4v) is 7.42. The largest absolute Gasteiger partial charge is 0.478 e. The van der Waals surface area contributed by atoms with Gasteiger partial charge in [-0.3, -0.25) is 4.90 Å². The van der Waals surface area contributed by atoms with Gasteiger partial charge in [0.25, 0.3) is 0 Å². The number of imidazole rings is 1. The molecule has 2 N–H and O–H groups in total. The summed E-state index contributed by atoms with van der Waals surface area (Å²) < 4.78 is 2.44.